The summed E-state index contributed by atoms with van der Waals surface area (Å²) in [6, 6.07) is 5.45. The van der Waals surface area contributed by atoms with Gasteiger partial charge in [0.15, 0.2) is 5.96 Å². The molecular formula is C14H20IN3O3. The van der Waals surface area contributed by atoms with Crippen LogP contribution in [-0.4, -0.2) is 51.2 Å². The maximum Gasteiger partial charge on any atom is 0.341 e. The van der Waals surface area contributed by atoms with Crippen LogP contribution in [0, 0.1) is 0 Å². The SMILES string of the molecule is COC(=O)c1cc(CNC2=NCCN2C)ccc1OC.I. The molecule has 1 aliphatic heterocycles. The van der Waals surface area contributed by atoms with Crippen LogP contribution in [0.2, 0.25) is 0 Å². The highest BCUT2D eigenvalue weighted by molar-refractivity contribution is 14.0. The summed E-state index contributed by atoms with van der Waals surface area (Å²) in [7, 11) is 4.88. The van der Waals surface area contributed by atoms with Gasteiger partial charge in [-0.05, 0) is 17.7 Å². The van der Waals surface area contributed by atoms with E-state index in [9.17, 15) is 4.79 Å². The summed E-state index contributed by atoms with van der Waals surface area (Å²) in [6.07, 6.45) is 0. The van der Waals surface area contributed by atoms with E-state index < -0.39 is 5.97 Å². The molecule has 21 heavy (non-hydrogen) atoms. The number of carbonyl (C=O) groups is 1. The highest BCUT2D eigenvalue weighted by atomic mass is 127. The molecule has 116 valence electrons. The number of aliphatic imine (C=N–C) groups is 1. The van der Waals surface area contributed by atoms with E-state index in [2.05, 4.69) is 15.2 Å². The van der Waals surface area contributed by atoms with Gasteiger partial charge in [-0.25, -0.2) is 4.79 Å². The molecule has 0 atom stereocenters. The summed E-state index contributed by atoms with van der Waals surface area (Å²) in [5.74, 6) is 0.982. The van der Waals surface area contributed by atoms with Gasteiger partial charge in [0.25, 0.3) is 0 Å². The van der Waals surface area contributed by atoms with E-state index in [0.717, 1.165) is 24.6 Å². The van der Waals surface area contributed by atoms with Gasteiger partial charge in [-0.2, -0.15) is 0 Å². The van der Waals surface area contributed by atoms with Crippen molar-refractivity contribution < 1.29 is 14.3 Å². The van der Waals surface area contributed by atoms with Crippen LogP contribution < -0.4 is 10.1 Å². The number of nitrogens with one attached hydrogen (secondary N) is 1. The van der Waals surface area contributed by atoms with Crippen LogP contribution >= 0.6 is 24.0 Å². The fourth-order valence-electron chi connectivity index (χ4n) is 2.04. The number of guanidine groups is 1. The Labute approximate surface area is 141 Å². The number of ether oxygens (including phenoxy) is 2. The van der Waals surface area contributed by atoms with Gasteiger partial charge in [0, 0.05) is 20.1 Å². The predicted octanol–water partition coefficient (Wildman–Crippen LogP) is 1.49. The zero-order chi connectivity index (χ0) is 14.5. The molecule has 1 N–H and O–H groups in total. The summed E-state index contributed by atoms with van der Waals surface area (Å²) in [5, 5.41) is 3.25. The summed E-state index contributed by atoms with van der Waals surface area (Å²) in [5.41, 5.74) is 1.39. The fourth-order valence-corrected chi connectivity index (χ4v) is 2.04. The first kappa shape index (κ1) is 17.5. The molecule has 0 amide bonds. The molecule has 1 heterocycles. The number of esters is 1. The summed E-state index contributed by atoms with van der Waals surface area (Å²) in [6.45, 7) is 2.34. The van der Waals surface area contributed by atoms with Crippen molar-refractivity contribution >= 4 is 35.9 Å². The minimum absolute atomic E-state index is 0. The van der Waals surface area contributed by atoms with Crippen molar-refractivity contribution in [2.75, 3.05) is 34.4 Å². The molecule has 0 saturated carbocycles. The van der Waals surface area contributed by atoms with Crippen LogP contribution in [0.4, 0.5) is 0 Å². The first-order chi connectivity index (χ1) is 9.65. The molecule has 0 aromatic heterocycles. The molecule has 7 heteroatoms. The molecule has 0 aliphatic carbocycles. The number of methoxy groups -OCH3 is 2. The minimum Gasteiger partial charge on any atom is -0.496 e. The predicted molar refractivity (Wildman–Crippen MR) is 91.5 cm³/mol. The quantitative estimate of drug-likeness (QED) is 0.608. The fraction of sp³-hybridized carbons (Fsp3) is 0.429. The van der Waals surface area contributed by atoms with Crippen molar-refractivity contribution in [1.29, 1.82) is 0 Å². The van der Waals surface area contributed by atoms with Gasteiger partial charge in [0.2, 0.25) is 0 Å². The maximum absolute atomic E-state index is 11.7. The lowest BCUT2D eigenvalue weighted by Crippen LogP contribution is -2.35. The summed E-state index contributed by atoms with van der Waals surface area (Å²) >= 11 is 0. The summed E-state index contributed by atoms with van der Waals surface area (Å²) < 4.78 is 9.92. The van der Waals surface area contributed by atoms with Gasteiger partial charge in [-0.15, -0.1) is 24.0 Å². The Bertz CT molecular complexity index is 534. The van der Waals surface area contributed by atoms with Crippen LogP contribution in [-0.2, 0) is 11.3 Å². The Kier molecular flexibility index (Phi) is 6.73. The maximum atomic E-state index is 11.7. The third-order valence-corrected chi connectivity index (χ3v) is 3.18. The molecule has 0 fully saturated rings. The van der Waals surface area contributed by atoms with Crippen LogP contribution in [0.3, 0.4) is 0 Å². The van der Waals surface area contributed by atoms with E-state index in [1.54, 1.807) is 12.1 Å². The van der Waals surface area contributed by atoms with Crippen LogP contribution in [0.25, 0.3) is 0 Å². The average molecular weight is 405 g/mol. The lowest BCUT2D eigenvalue weighted by Gasteiger charge is -2.16. The molecule has 2 rings (SSSR count). The Balaban J connectivity index is 0.00000220. The van der Waals surface area contributed by atoms with Gasteiger partial charge < -0.3 is 19.7 Å². The molecular weight excluding hydrogens is 385 g/mol. The van der Waals surface area contributed by atoms with Crippen LogP contribution in [0.1, 0.15) is 15.9 Å². The number of carbonyl (C=O) groups excluding carboxylic acids is 1. The Morgan fingerprint density at radius 2 is 2.19 bits per heavy atom. The zero-order valence-electron chi connectivity index (χ0n) is 12.4. The average Bonchev–Trinajstić information content (AvgIpc) is 2.89. The Hall–Kier alpha value is -1.51. The van der Waals surface area contributed by atoms with Gasteiger partial charge in [-0.3, -0.25) is 4.99 Å². The second-order valence-electron chi connectivity index (χ2n) is 4.51. The molecule has 1 aromatic rings. The van der Waals surface area contributed by atoms with E-state index in [1.807, 2.05) is 13.1 Å². The largest absolute Gasteiger partial charge is 0.496 e. The molecule has 0 radical (unpaired) electrons. The second-order valence-corrected chi connectivity index (χ2v) is 4.51. The smallest absolute Gasteiger partial charge is 0.341 e. The number of hydrogen-bond donors (Lipinski definition) is 1. The lowest BCUT2D eigenvalue weighted by molar-refractivity contribution is 0.0597. The third kappa shape index (κ3) is 4.23. The molecule has 1 aromatic carbocycles. The van der Waals surface area contributed by atoms with Gasteiger partial charge in [0.05, 0.1) is 20.8 Å². The molecule has 6 nitrogen and oxygen atoms in total. The normalized spacial score (nSPS) is 13.3. The van der Waals surface area contributed by atoms with Crippen molar-refractivity contribution in [3.63, 3.8) is 0 Å². The van der Waals surface area contributed by atoms with E-state index in [1.165, 1.54) is 14.2 Å². The first-order valence-electron chi connectivity index (χ1n) is 6.40. The lowest BCUT2D eigenvalue weighted by atomic mass is 10.1. The van der Waals surface area contributed by atoms with Gasteiger partial charge in [-0.1, -0.05) is 6.07 Å². The van der Waals surface area contributed by atoms with Crippen LogP contribution in [0.5, 0.6) is 5.75 Å². The molecule has 0 spiro atoms. The number of nitrogens with zero attached hydrogens (tertiary/aromatic N) is 2. The zero-order valence-corrected chi connectivity index (χ0v) is 14.7. The van der Waals surface area contributed by atoms with Crippen LogP contribution in [0.15, 0.2) is 23.2 Å². The summed E-state index contributed by atoms with van der Waals surface area (Å²) in [4.78, 5) is 18.1. The topological polar surface area (TPSA) is 63.2 Å². The Morgan fingerprint density at radius 1 is 1.43 bits per heavy atom. The van der Waals surface area contributed by atoms with Crippen molar-refractivity contribution in [3.05, 3.63) is 29.3 Å². The number of hydrogen-bond acceptors (Lipinski definition) is 6. The van der Waals surface area contributed by atoms with E-state index in [4.69, 9.17) is 9.47 Å². The molecule has 0 saturated heterocycles. The standard InChI is InChI=1S/C14H19N3O3.HI/c1-17-7-6-15-14(17)16-9-10-4-5-12(19-2)11(8-10)13(18)20-3;/h4-5,8H,6-7,9H2,1-3H3,(H,15,16);1H. The van der Waals surface area contributed by atoms with E-state index in [-0.39, 0.29) is 24.0 Å². The highest BCUT2D eigenvalue weighted by Crippen LogP contribution is 2.20. The number of halogens is 1. The minimum atomic E-state index is -0.404. The highest BCUT2D eigenvalue weighted by Gasteiger charge is 2.15. The number of benzene rings is 1. The molecule has 0 bridgehead atoms. The molecule has 1 aliphatic rings. The van der Waals surface area contributed by atoms with Crippen molar-refractivity contribution in [2.45, 2.75) is 6.54 Å². The molecule has 0 unspecified atom stereocenters. The number of rotatable bonds is 4. The van der Waals surface area contributed by atoms with Crippen molar-refractivity contribution in [1.82, 2.24) is 10.2 Å². The second kappa shape index (κ2) is 8.06. The monoisotopic (exact) mass is 405 g/mol. The number of likely N-dealkylation sites (N-methyl/N-ethyl adjacent to an activating group) is 1. The first-order valence-corrected chi connectivity index (χ1v) is 6.40. The van der Waals surface area contributed by atoms with Crippen molar-refractivity contribution in [2.24, 2.45) is 4.99 Å². The van der Waals surface area contributed by atoms with Crippen molar-refractivity contribution in [3.8, 4) is 5.75 Å². The van der Waals surface area contributed by atoms with Gasteiger partial charge >= 0.3 is 5.97 Å². The van der Waals surface area contributed by atoms with Gasteiger partial charge in [0.1, 0.15) is 11.3 Å². The Morgan fingerprint density at radius 3 is 2.76 bits per heavy atom. The van der Waals surface area contributed by atoms with E-state index >= 15 is 0 Å². The van der Waals surface area contributed by atoms with E-state index in [0.29, 0.717) is 17.9 Å². The third-order valence-electron chi connectivity index (χ3n) is 3.18.